The van der Waals surface area contributed by atoms with Gasteiger partial charge < -0.3 is 9.84 Å². The number of carbonyl (C=O) groups excluding carboxylic acids is 3. The van der Waals surface area contributed by atoms with E-state index in [1.54, 1.807) is 31.2 Å². The molecule has 28 heavy (non-hydrogen) atoms. The van der Waals surface area contributed by atoms with E-state index < -0.39 is 17.8 Å². The van der Waals surface area contributed by atoms with Crippen LogP contribution in [0.15, 0.2) is 46.4 Å². The topological polar surface area (TPSA) is 95.9 Å². The Morgan fingerprint density at radius 1 is 1.21 bits per heavy atom. The summed E-state index contributed by atoms with van der Waals surface area (Å²) in [5.41, 5.74) is 0.407. The molecule has 1 saturated heterocycles. The van der Waals surface area contributed by atoms with E-state index in [1.165, 1.54) is 18.2 Å². The average molecular weight is 466 g/mol. The van der Waals surface area contributed by atoms with Crippen LogP contribution in [-0.2, 0) is 9.59 Å². The molecule has 0 saturated carbocycles. The zero-order valence-corrected chi connectivity index (χ0v) is 16.9. The lowest BCUT2D eigenvalue weighted by atomic mass is 10.1. The molecule has 1 aliphatic heterocycles. The number of rotatable bonds is 4. The van der Waals surface area contributed by atoms with Crippen molar-refractivity contribution in [1.29, 1.82) is 0 Å². The third-order valence-electron chi connectivity index (χ3n) is 3.85. The summed E-state index contributed by atoms with van der Waals surface area (Å²) in [6.45, 7) is 2.02. The molecule has 0 radical (unpaired) electrons. The van der Waals surface area contributed by atoms with Gasteiger partial charge in [0.25, 0.3) is 11.8 Å². The van der Waals surface area contributed by atoms with Crippen molar-refractivity contribution in [2.75, 3.05) is 11.5 Å². The summed E-state index contributed by atoms with van der Waals surface area (Å²) in [5, 5.41) is 12.1. The standard InChI is InChI=1S/C19H14BrClN2O5/c1-2-28-15-9-10(8-14(21)16(15)24)7-13-17(25)22-19(27)23(18(13)26)12-5-3-11(20)4-6-12/h3-9,24H,2H2,1H3,(H,22,25,27)/b13-7+. The number of imide groups is 2. The second-order valence-corrected chi connectivity index (χ2v) is 7.04. The van der Waals surface area contributed by atoms with Gasteiger partial charge >= 0.3 is 6.03 Å². The Morgan fingerprint density at radius 3 is 2.54 bits per heavy atom. The number of amides is 4. The highest BCUT2D eigenvalue weighted by molar-refractivity contribution is 9.10. The largest absolute Gasteiger partial charge is 0.503 e. The molecule has 3 rings (SSSR count). The van der Waals surface area contributed by atoms with Crippen LogP contribution < -0.4 is 15.0 Å². The maximum Gasteiger partial charge on any atom is 0.335 e. The van der Waals surface area contributed by atoms with Crippen LogP contribution >= 0.6 is 27.5 Å². The first kappa shape index (κ1) is 19.9. The van der Waals surface area contributed by atoms with Gasteiger partial charge in [-0.3, -0.25) is 14.9 Å². The third-order valence-corrected chi connectivity index (χ3v) is 4.66. The number of nitrogens with one attached hydrogen (secondary N) is 1. The monoisotopic (exact) mass is 464 g/mol. The number of hydrogen-bond donors (Lipinski definition) is 2. The van der Waals surface area contributed by atoms with Crippen molar-refractivity contribution in [3.63, 3.8) is 0 Å². The van der Waals surface area contributed by atoms with Gasteiger partial charge in [-0.25, -0.2) is 9.69 Å². The quantitative estimate of drug-likeness (QED) is 0.528. The van der Waals surface area contributed by atoms with Crippen LogP contribution in [0.3, 0.4) is 0 Å². The first-order valence-corrected chi connectivity index (χ1v) is 9.31. The maximum atomic E-state index is 12.8. The van der Waals surface area contributed by atoms with Gasteiger partial charge in [0.1, 0.15) is 5.57 Å². The van der Waals surface area contributed by atoms with Gasteiger partial charge in [-0.1, -0.05) is 27.5 Å². The lowest BCUT2D eigenvalue weighted by Gasteiger charge is -2.26. The van der Waals surface area contributed by atoms with Gasteiger partial charge in [-0.15, -0.1) is 0 Å². The summed E-state index contributed by atoms with van der Waals surface area (Å²) in [7, 11) is 0. The smallest absolute Gasteiger partial charge is 0.335 e. The Labute approximate surface area is 173 Å². The first-order valence-electron chi connectivity index (χ1n) is 8.14. The molecule has 0 unspecified atom stereocenters. The lowest BCUT2D eigenvalue weighted by Crippen LogP contribution is -2.54. The molecule has 0 aliphatic carbocycles. The average Bonchev–Trinajstić information content (AvgIpc) is 2.64. The Kier molecular flexibility index (Phi) is 5.71. The second-order valence-electron chi connectivity index (χ2n) is 5.72. The van der Waals surface area contributed by atoms with Crippen molar-refractivity contribution in [2.24, 2.45) is 0 Å². The Bertz CT molecular complexity index is 1000. The fourth-order valence-electron chi connectivity index (χ4n) is 2.59. The molecule has 9 heteroatoms. The number of urea groups is 1. The van der Waals surface area contributed by atoms with Gasteiger partial charge in [0.05, 0.1) is 17.3 Å². The summed E-state index contributed by atoms with van der Waals surface area (Å²) in [6, 6.07) is 8.46. The molecule has 1 heterocycles. The van der Waals surface area contributed by atoms with E-state index in [0.29, 0.717) is 11.3 Å². The van der Waals surface area contributed by atoms with Crippen LogP contribution in [0.4, 0.5) is 10.5 Å². The van der Waals surface area contributed by atoms with Crippen LogP contribution in [-0.4, -0.2) is 29.6 Å². The molecule has 0 spiro atoms. The van der Waals surface area contributed by atoms with E-state index in [9.17, 15) is 19.5 Å². The normalized spacial score (nSPS) is 15.8. The van der Waals surface area contributed by atoms with Crippen LogP contribution in [0.5, 0.6) is 11.5 Å². The van der Waals surface area contributed by atoms with Crippen molar-refractivity contribution in [3.8, 4) is 11.5 Å². The summed E-state index contributed by atoms with van der Waals surface area (Å²) in [6.07, 6.45) is 1.28. The number of ether oxygens (including phenoxy) is 1. The molecule has 2 N–H and O–H groups in total. The van der Waals surface area contributed by atoms with E-state index in [0.717, 1.165) is 9.37 Å². The molecule has 4 amide bonds. The molecular formula is C19H14BrClN2O5. The fraction of sp³-hybridized carbons (Fsp3) is 0.105. The molecular weight excluding hydrogens is 452 g/mol. The molecule has 2 aromatic carbocycles. The number of nitrogens with zero attached hydrogens (tertiary/aromatic N) is 1. The van der Waals surface area contributed by atoms with Crippen LogP contribution in [0.25, 0.3) is 6.08 Å². The summed E-state index contributed by atoms with van der Waals surface area (Å²) in [5.74, 6) is -1.73. The SMILES string of the molecule is CCOc1cc(/C=C2\C(=O)NC(=O)N(c3ccc(Br)cc3)C2=O)cc(Cl)c1O. The number of barbiturate groups is 1. The van der Waals surface area contributed by atoms with E-state index in [4.69, 9.17) is 16.3 Å². The van der Waals surface area contributed by atoms with Gasteiger partial charge in [-0.05, 0) is 55.0 Å². The van der Waals surface area contributed by atoms with E-state index >= 15 is 0 Å². The van der Waals surface area contributed by atoms with Gasteiger partial charge in [0.15, 0.2) is 11.5 Å². The molecule has 1 aliphatic rings. The maximum absolute atomic E-state index is 12.8. The van der Waals surface area contributed by atoms with Crippen molar-refractivity contribution < 1.29 is 24.2 Å². The van der Waals surface area contributed by atoms with E-state index in [1.807, 2.05) is 0 Å². The fourth-order valence-corrected chi connectivity index (χ4v) is 3.07. The summed E-state index contributed by atoms with van der Waals surface area (Å²) >= 11 is 9.28. The number of benzene rings is 2. The highest BCUT2D eigenvalue weighted by atomic mass is 79.9. The van der Waals surface area contributed by atoms with Gasteiger partial charge in [-0.2, -0.15) is 0 Å². The molecule has 144 valence electrons. The zero-order chi connectivity index (χ0) is 20.4. The first-order chi connectivity index (χ1) is 13.3. The third kappa shape index (κ3) is 3.88. The molecule has 2 aromatic rings. The highest BCUT2D eigenvalue weighted by Gasteiger charge is 2.36. The van der Waals surface area contributed by atoms with Crippen LogP contribution in [0.1, 0.15) is 12.5 Å². The Morgan fingerprint density at radius 2 is 1.89 bits per heavy atom. The summed E-state index contributed by atoms with van der Waals surface area (Å²) in [4.78, 5) is 38.2. The molecule has 7 nitrogen and oxygen atoms in total. The number of aromatic hydroxyl groups is 1. The molecule has 0 aromatic heterocycles. The van der Waals surface area contributed by atoms with Crippen molar-refractivity contribution in [3.05, 3.63) is 57.0 Å². The minimum absolute atomic E-state index is 0.00214. The predicted octanol–water partition coefficient (Wildman–Crippen LogP) is 3.87. The number of halogens is 2. The number of hydrogen-bond acceptors (Lipinski definition) is 5. The lowest BCUT2D eigenvalue weighted by molar-refractivity contribution is -0.122. The predicted molar refractivity (Wildman–Crippen MR) is 107 cm³/mol. The number of anilines is 1. The molecule has 1 fully saturated rings. The van der Waals surface area contributed by atoms with Crippen molar-refractivity contribution in [2.45, 2.75) is 6.92 Å². The van der Waals surface area contributed by atoms with Gasteiger partial charge in [0, 0.05) is 4.47 Å². The van der Waals surface area contributed by atoms with Crippen LogP contribution in [0.2, 0.25) is 5.02 Å². The second kappa shape index (κ2) is 8.04. The van der Waals surface area contributed by atoms with Crippen molar-refractivity contribution in [1.82, 2.24) is 5.32 Å². The van der Waals surface area contributed by atoms with Crippen molar-refractivity contribution >= 4 is 57.1 Å². The number of phenols is 1. The van der Waals surface area contributed by atoms with E-state index in [-0.39, 0.29) is 28.7 Å². The minimum Gasteiger partial charge on any atom is -0.503 e. The Balaban J connectivity index is 2.03. The number of phenolic OH excluding ortho intramolecular Hbond substituents is 1. The zero-order valence-electron chi connectivity index (χ0n) is 14.5. The van der Waals surface area contributed by atoms with E-state index in [2.05, 4.69) is 21.2 Å². The minimum atomic E-state index is -0.840. The van der Waals surface area contributed by atoms with Crippen LogP contribution in [0, 0.1) is 0 Å². The number of carbonyl (C=O) groups is 3. The molecule has 0 atom stereocenters. The highest BCUT2D eigenvalue weighted by Crippen LogP contribution is 2.36. The Hall–Kier alpha value is -2.84. The summed E-state index contributed by atoms with van der Waals surface area (Å²) < 4.78 is 6.07. The van der Waals surface area contributed by atoms with Gasteiger partial charge in [0.2, 0.25) is 0 Å². The molecule has 0 bridgehead atoms.